The van der Waals surface area contributed by atoms with Gasteiger partial charge in [0.1, 0.15) is 0 Å². The molecule has 0 heterocycles. The van der Waals surface area contributed by atoms with E-state index in [2.05, 4.69) is 4.74 Å². The fourth-order valence-corrected chi connectivity index (χ4v) is 0.285. The largest absolute Gasteiger partial charge is 0.473 e. The lowest BCUT2D eigenvalue weighted by atomic mass is 10.4. The molecular weight excluding hydrogens is 208 g/mol. The van der Waals surface area contributed by atoms with Crippen molar-refractivity contribution in [1.82, 2.24) is 0 Å². The minimum Gasteiger partial charge on any atom is -0.473 e. The van der Waals surface area contributed by atoms with E-state index in [0.717, 1.165) is 0 Å². The van der Waals surface area contributed by atoms with E-state index < -0.39 is 23.9 Å². The summed E-state index contributed by atoms with van der Waals surface area (Å²) in [5.74, 6) is -4.31. The number of hydrogen-bond acceptors (Lipinski definition) is 6. The van der Waals surface area contributed by atoms with Crippen molar-refractivity contribution < 1.29 is 29.3 Å². The quantitative estimate of drug-likeness (QED) is 0.376. The number of carbonyl (C=O) groups excluding carboxylic acids is 1. The van der Waals surface area contributed by atoms with E-state index in [4.69, 9.17) is 30.8 Å². The molecule has 0 aromatic rings. The van der Waals surface area contributed by atoms with Crippen molar-refractivity contribution >= 4 is 17.9 Å². The van der Waals surface area contributed by atoms with E-state index in [1.54, 1.807) is 13.0 Å². The smallest absolute Gasteiger partial charge is 0.414 e. The molecule has 0 saturated carbocycles. The predicted molar refractivity (Wildman–Crippen MR) is 45.5 cm³/mol. The van der Waals surface area contributed by atoms with Crippen LogP contribution < -0.4 is 5.73 Å². The van der Waals surface area contributed by atoms with Crippen molar-refractivity contribution in [2.24, 2.45) is 5.73 Å². The average Bonchev–Trinajstić information content (AvgIpc) is 2.17. The molecule has 0 aromatic heterocycles. The second-order valence-electron chi connectivity index (χ2n) is 1.97. The van der Waals surface area contributed by atoms with Crippen molar-refractivity contribution in [3.63, 3.8) is 0 Å². The first-order valence-corrected chi connectivity index (χ1v) is 3.64. The lowest BCUT2D eigenvalue weighted by molar-refractivity contribution is -0.159. The van der Waals surface area contributed by atoms with Crippen molar-refractivity contribution in [3.8, 4) is 6.07 Å². The number of aliphatic carboxylic acids is 2. The summed E-state index contributed by atoms with van der Waals surface area (Å²) < 4.78 is 4.41. The normalized spacial score (nSPS) is 9.93. The topological polar surface area (TPSA) is 151 Å². The Morgan fingerprint density at radius 2 is 1.80 bits per heavy atom. The van der Waals surface area contributed by atoms with Crippen molar-refractivity contribution in [2.75, 3.05) is 6.61 Å². The van der Waals surface area contributed by atoms with Crippen LogP contribution in [0.15, 0.2) is 0 Å². The molecule has 1 unspecified atom stereocenters. The first-order valence-electron chi connectivity index (χ1n) is 3.64. The molecule has 8 heteroatoms. The molecule has 0 rings (SSSR count). The molecule has 4 N–H and O–H groups in total. The van der Waals surface area contributed by atoms with Gasteiger partial charge in [-0.1, -0.05) is 0 Å². The van der Waals surface area contributed by atoms with Gasteiger partial charge in [-0.3, -0.25) is 0 Å². The Balaban J connectivity index is 0. The molecule has 0 bridgehead atoms. The fourth-order valence-electron chi connectivity index (χ4n) is 0.285. The Morgan fingerprint density at radius 1 is 1.40 bits per heavy atom. The Bertz CT molecular complexity index is 270. The van der Waals surface area contributed by atoms with E-state index in [9.17, 15) is 4.79 Å². The maximum absolute atomic E-state index is 10.4. The number of esters is 1. The number of nitrogens with zero attached hydrogens (tertiary/aromatic N) is 1. The van der Waals surface area contributed by atoms with Crippen LogP contribution in [0.3, 0.4) is 0 Å². The van der Waals surface area contributed by atoms with Crippen molar-refractivity contribution in [3.05, 3.63) is 0 Å². The molecule has 0 aromatic carbocycles. The number of carboxylic acids is 2. The molecule has 0 fully saturated rings. The van der Waals surface area contributed by atoms with E-state index in [-0.39, 0.29) is 6.61 Å². The summed E-state index contributed by atoms with van der Waals surface area (Å²) in [6.45, 7) is 1.91. The second-order valence-corrected chi connectivity index (χ2v) is 1.97. The average molecular weight is 218 g/mol. The third-order valence-corrected chi connectivity index (χ3v) is 0.863. The lowest BCUT2D eigenvalue weighted by Crippen LogP contribution is -2.30. The van der Waals surface area contributed by atoms with Crippen LogP contribution in [0.5, 0.6) is 0 Å². The molecular formula is C7H10N2O6. The first kappa shape index (κ1) is 15.3. The summed E-state index contributed by atoms with van der Waals surface area (Å²) in [5.41, 5.74) is 4.97. The summed E-state index contributed by atoms with van der Waals surface area (Å²) in [4.78, 5) is 28.6. The van der Waals surface area contributed by atoms with E-state index in [1.807, 2.05) is 0 Å². The van der Waals surface area contributed by atoms with Gasteiger partial charge in [0, 0.05) is 0 Å². The molecule has 0 amide bonds. The van der Waals surface area contributed by atoms with Gasteiger partial charge >= 0.3 is 17.9 Å². The summed E-state index contributed by atoms with van der Waals surface area (Å²) in [5, 5.41) is 22.8. The van der Waals surface area contributed by atoms with Crippen LogP contribution in [0.25, 0.3) is 0 Å². The van der Waals surface area contributed by atoms with Crippen LogP contribution in [0.1, 0.15) is 6.92 Å². The predicted octanol–water partition coefficient (Wildman–Crippen LogP) is -1.44. The number of rotatable bonds is 2. The molecule has 84 valence electrons. The maximum atomic E-state index is 10.4. The van der Waals surface area contributed by atoms with Gasteiger partial charge in [-0.2, -0.15) is 5.26 Å². The van der Waals surface area contributed by atoms with Crippen LogP contribution in [0, 0.1) is 11.3 Å². The Hall–Kier alpha value is -2.14. The van der Waals surface area contributed by atoms with Gasteiger partial charge in [0.05, 0.1) is 12.7 Å². The van der Waals surface area contributed by atoms with Gasteiger partial charge < -0.3 is 20.7 Å². The highest BCUT2D eigenvalue weighted by atomic mass is 16.5. The zero-order chi connectivity index (χ0) is 12.4. The molecule has 1 atom stereocenters. The number of carbonyl (C=O) groups is 3. The Labute approximate surface area is 84.9 Å². The Morgan fingerprint density at radius 3 is 2.00 bits per heavy atom. The SMILES string of the molecule is CCOC(=O)C(N)C#N.O=C(O)C(=O)O. The molecule has 0 radical (unpaired) electrons. The minimum absolute atomic E-state index is 0.258. The van der Waals surface area contributed by atoms with Crippen LogP contribution in [-0.2, 0) is 19.1 Å². The number of ether oxygens (including phenoxy) is 1. The number of nitrogens with two attached hydrogens (primary N) is 1. The highest BCUT2D eigenvalue weighted by molar-refractivity contribution is 6.27. The standard InChI is InChI=1S/C5H8N2O2.C2H2O4/c1-2-9-5(8)4(7)3-6;3-1(4)2(5)6/h4H,2,7H2,1H3;(H,3,4)(H,5,6). The summed E-state index contributed by atoms with van der Waals surface area (Å²) in [6.07, 6.45) is 0. The van der Waals surface area contributed by atoms with Gasteiger partial charge in [-0.25, -0.2) is 14.4 Å². The molecule has 8 nitrogen and oxygen atoms in total. The summed E-state index contributed by atoms with van der Waals surface area (Å²) in [7, 11) is 0. The fraction of sp³-hybridized carbons (Fsp3) is 0.429. The zero-order valence-corrected chi connectivity index (χ0v) is 7.84. The van der Waals surface area contributed by atoms with Crippen LogP contribution in [0.4, 0.5) is 0 Å². The third kappa shape index (κ3) is 9.78. The summed E-state index contributed by atoms with van der Waals surface area (Å²) >= 11 is 0. The van der Waals surface area contributed by atoms with Gasteiger partial charge in [0.25, 0.3) is 0 Å². The zero-order valence-electron chi connectivity index (χ0n) is 7.84. The molecule has 0 spiro atoms. The first-order chi connectivity index (χ1) is 6.86. The Kier molecular flexibility index (Phi) is 8.65. The number of carboxylic acid groups (broad SMARTS) is 2. The maximum Gasteiger partial charge on any atom is 0.414 e. The number of nitriles is 1. The second kappa shape index (κ2) is 8.46. The lowest BCUT2D eigenvalue weighted by Gasteiger charge is -2.00. The van der Waals surface area contributed by atoms with Crippen LogP contribution in [-0.4, -0.2) is 40.8 Å². The van der Waals surface area contributed by atoms with Gasteiger partial charge in [0.15, 0.2) is 6.04 Å². The molecule has 0 aliphatic carbocycles. The van der Waals surface area contributed by atoms with Gasteiger partial charge in [0.2, 0.25) is 0 Å². The number of hydrogen-bond donors (Lipinski definition) is 3. The highest BCUT2D eigenvalue weighted by Crippen LogP contribution is 1.81. The van der Waals surface area contributed by atoms with Crippen LogP contribution >= 0.6 is 0 Å². The molecule has 0 saturated heterocycles. The van der Waals surface area contributed by atoms with Crippen LogP contribution in [0.2, 0.25) is 0 Å². The summed E-state index contributed by atoms with van der Waals surface area (Å²) in [6, 6.07) is 0.418. The van der Waals surface area contributed by atoms with Crippen molar-refractivity contribution in [1.29, 1.82) is 5.26 Å². The third-order valence-electron chi connectivity index (χ3n) is 0.863. The molecule has 0 aliphatic heterocycles. The molecule has 0 aliphatic rings. The van der Waals surface area contributed by atoms with E-state index in [0.29, 0.717) is 0 Å². The highest BCUT2D eigenvalue weighted by Gasteiger charge is 2.11. The van der Waals surface area contributed by atoms with E-state index in [1.165, 1.54) is 0 Å². The van der Waals surface area contributed by atoms with Crippen molar-refractivity contribution in [2.45, 2.75) is 13.0 Å². The minimum atomic E-state index is -1.82. The van der Waals surface area contributed by atoms with Gasteiger partial charge in [-0.15, -0.1) is 0 Å². The molecule has 15 heavy (non-hydrogen) atoms. The monoisotopic (exact) mass is 218 g/mol. The van der Waals surface area contributed by atoms with Gasteiger partial charge in [-0.05, 0) is 6.92 Å². The van der Waals surface area contributed by atoms with E-state index >= 15 is 0 Å².